The maximum atomic E-state index is 12.0. The number of esters is 1. The van der Waals surface area contributed by atoms with Crippen molar-refractivity contribution >= 4 is 23.2 Å². The van der Waals surface area contributed by atoms with Crippen LogP contribution < -0.4 is 5.32 Å². The number of hydrogen-bond donors (Lipinski definition) is 1. The van der Waals surface area contributed by atoms with E-state index in [1.807, 2.05) is 32.9 Å². The molecule has 23 heavy (non-hydrogen) atoms. The Labute approximate surface area is 142 Å². The Morgan fingerprint density at radius 2 is 2.04 bits per heavy atom. The van der Waals surface area contributed by atoms with E-state index in [0.29, 0.717) is 10.8 Å². The minimum Gasteiger partial charge on any atom is -0.456 e. The number of aryl methyl sites for hydroxylation is 1. The molecular weight excluding hydrogens is 310 g/mol. The molecule has 0 saturated heterocycles. The first-order valence-corrected chi connectivity index (χ1v) is 9.16. The topological polar surface area (TPSA) is 55.4 Å². The van der Waals surface area contributed by atoms with Gasteiger partial charge in [0.05, 0.1) is 0 Å². The minimum absolute atomic E-state index is 0.209. The molecule has 1 atom stereocenters. The molecule has 4 nitrogen and oxygen atoms in total. The van der Waals surface area contributed by atoms with Crippen molar-refractivity contribution in [2.24, 2.45) is 11.8 Å². The van der Waals surface area contributed by atoms with Crippen LogP contribution in [0, 0.1) is 11.8 Å². The molecule has 0 bridgehead atoms. The van der Waals surface area contributed by atoms with Crippen LogP contribution in [0.15, 0.2) is 12.1 Å². The van der Waals surface area contributed by atoms with E-state index in [0.717, 1.165) is 32.2 Å². The van der Waals surface area contributed by atoms with Gasteiger partial charge < -0.3 is 10.1 Å². The number of nitrogens with one attached hydrogen (secondary N) is 1. The summed E-state index contributed by atoms with van der Waals surface area (Å²) in [4.78, 5) is 25.5. The third-order valence-electron chi connectivity index (χ3n) is 3.72. The van der Waals surface area contributed by atoms with Crippen LogP contribution in [-0.4, -0.2) is 24.0 Å². The molecule has 1 aliphatic carbocycles. The van der Waals surface area contributed by atoms with Crippen LogP contribution in [0.25, 0.3) is 0 Å². The molecule has 0 spiro atoms. The Balaban J connectivity index is 1.73. The molecular formula is C18H27NO3S. The van der Waals surface area contributed by atoms with Crippen LogP contribution in [0.5, 0.6) is 0 Å². The highest BCUT2D eigenvalue weighted by Gasteiger charge is 2.29. The van der Waals surface area contributed by atoms with E-state index in [1.165, 1.54) is 16.2 Å². The van der Waals surface area contributed by atoms with E-state index < -0.39 is 5.60 Å². The average molecular weight is 337 g/mol. The number of thiophene rings is 1. The predicted molar refractivity (Wildman–Crippen MR) is 92.7 cm³/mol. The molecule has 1 saturated carbocycles. The van der Waals surface area contributed by atoms with E-state index in [2.05, 4.69) is 12.2 Å². The maximum Gasteiger partial charge on any atom is 0.348 e. The molecule has 5 heteroatoms. The van der Waals surface area contributed by atoms with Crippen LogP contribution in [0.2, 0.25) is 0 Å². The first-order chi connectivity index (χ1) is 10.7. The average Bonchev–Trinajstić information content (AvgIpc) is 3.19. The third kappa shape index (κ3) is 6.34. The number of carbonyl (C=O) groups is 2. The second-order valence-electron chi connectivity index (χ2n) is 7.43. The highest BCUT2D eigenvalue weighted by atomic mass is 32.1. The van der Waals surface area contributed by atoms with Crippen molar-refractivity contribution in [3.05, 3.63) is 21.9 Å². The number of rotatable bonds is 7. The second-order valence-corrected chi connectivity index (χ2v) is 8.60. The molecule has 0 radical (unpaired) electrons. The Hall–Kier alpha value is -1.36. The lowest BCUT2D eigenvalue weighted by atomic mass is 10.1. The van der Waals surface area contributed by atoms with Crippen LogP contribution in [0.4, 0.5) is 0 Å². The fourth-order valence-electron chi connectivity index (χ4n) is 2.21. The highest BCUT2D eigenvalue weighted by Crippen LogP contribution is 2.28. The van der Waals surface area contributed by atoms with E-state index >= 15 is 0 Å². The van der Waals surface area contributed by atoms with Gasteiger partial charge >= 0.3 is 5.97 Å². The van der Waals surface area contributed by atoms with Crippen molar-refractivity contribution in [2.45, 2.75) is 59.0 Å². The third-order valence-corrected chi connectivity index (χ3v) is 4.84. The summed E-state index contributed by atoms with van der Waals surface area (Å²) < 4.78 is 5.38. The lowest BCUT2D eigenvalue weighted by Crippen LogP contribution is -2.29. The summed E-state index contributed by atoms with van der Waals surface area (Å²) >= 11 is 1.50. The quantitative estimate of drug-likeness (QED) is 0.770. The van der Waals surface area contributed by atoms with E-state index in [9.17, 15) is 9.59 Å². The molecule has 1 aromatic heterocycles. The largest absolute Gasteiger partial charge is 0.456 e. The van der Waals surface area contributed by atoms with Crippen LogP contribution in [-0.2, 0) is 16.0 Å². The highest BCUT2D eigenvalue weighted by molar-refractivity contribution is 7.13. The van der Waals surface area contributed by atoms with Gasteiger partial charge in [0.15, 0.2) is 0 Å². The van der Waals surface area contributed by atoms with Crippen molar-refractivity contribution < 1.29 is 14.3 Å². The molecule has 128 valence electrons. The van der Waals surface area contributed by atoms with Crippen molar-refractivity contribution in [3.8, 4) is 0 Å². The summed E-state index contributed by atoms with van der Waals surface area (Å²) in [6.45, 7) is 8.50. The van der Waals surface area contributed by atoms with Crippen molar-refractivity contribution in [1.29, 1.82) is 0 Å². The van der Waals surface area contributed by atoms with E-state index in [4.69, 9.17) is 4.74 Å². The summed E-state index contributed by atoms with van der Waals surface area (Å²) in [6, 6.07) is 3.84. The number of carbonyl (C=O) groups excluding carboxylic acids is 2. The first kappa shape index (κ1) is 18.0. The lowest BCUT2D eigenvalue weighted by molar-refractivity contribution is -0.122. The van der Waals surface area contributed by atoms with Gasteiger partial charge in [-0.2, -0.15) is 0 Å². The smallest absolute Gasteiger partial charge is 0.348 e. The predicted octanol–water partition coefficient (Wildman–Crippen LogP) is 3.80. The monoisotopic (exact) mass is 337 g/mol. The molecule has 1 N–H and O–H groups in total. The Morgan fingerprint density at radius 3 is 2.65 bits per heavy atom. The normalized spacial score (nSPS) is 16.0. The number of ether oxygens (including phenoxy) is 1. The van der Waals surface area contributed by atoms with Gasteiger partial charge in [-0.05, 0) is 64.5 Å². The first-order valence-electron chi connectivity index (χ1n) is 8.34. The van der Waals surface area contributed by atoms with Crippen molar-refractivity contribution in [3.63, 3.8) is 0 Å². The standard InChI is InChI=1S/C18H27NO3S/c1-12(11-19-16(20)13-6-7-13)5-8-14-9-10-15(23-14)17(21)22-18(2,3)4/h9-10,12-13H,5-8,11H2,1-4H3,(H,19,20). The summed E-state index contributed by atoms with van der Waals surface area (Å²) in [5.41, 5.74) is -0.463. The molecule has 1 heterocycles. The summed E-state index contributed by atoms with van der Waals surface area (Å²) in [6.07, 6.45) is 4.01. The van der Waals surface area contributed by atoms with Crippen LogP contribution in [0.1, 0.15) is 61.5 Å². The van der Waals surface area contributed by atoms with Gasteiger partial charge in [0, 0.05) is 17.3 Å². The minimum atomic E-state index is -0.463. The SMILES string of the molecule is CC(CCc1ccc(C(=O)OC(C)(C)C)s1)CNC(=O)C1CC1. The molecule has 0 aromatic carbocycles. The van der Waals surface area contributed by atoms with Crippen LogP contribution in [0.3, 0.4) is 0 Å². The van der Waals surface area contributed by atoms with E-state index in [-0.39, 0.29) is 17.8 Å². The molecule has 1 amide bonds. The summed E-state index contributed by atoms with van der Waals surface area (Å²) in [5.74, 6) is 0.666. The summed E-state index contributed by atoms with van der Waals surface area (Å²) in [7, 11) is 0. The fourth-order valence-corrected chi connectivity index (χ4v) is 3.11. The number of hydrogen-bond acceptors (Lipinski definition) is 4. The van der Waals surface area contributed by atoms with Crippen molar-refractivity contribution in [1.82, 2.24) is 5.32 Å². The van der Waals surface area contributed by atoms with Gasteiger partial charge in [0.2, 0.25) is 5.91 Å². The van der Waals surface area contributed by atoms with Crippen LogP contribution >= 0.6 is 11.3 Å². The zero-order chi connectivity index (χ0) is 17.0. The Bertz CT molecular complexity index is 555. The fraction of sp³-hybridized carbons (Fsp3) is 0.667. The summed E-state index contributed by atoms with van der Waals surface area (Å²) in [5, 5.41) is 3.02. The van der Waals surface area contributed by atoms with Gasteiger partial charge in [-0.25, -0.2) is 4.79 Å². The zero-order valence-corrected chi connectivity index (χ0v) is 15.3. The molecule has 1 aliphatic rings. The molecule has 1 unspecified atom stereocenters. The molecule has 1 fully saturated rings. The van der Waals surface area contributed by atoms with Gasteiger partial charge in [-0.1, -0.05) is 6.92 Å². The van der Waals surface area contributed by atoms with Crippen molar-refractivity contribution in [2.75, 3.05) is 6.54 Å². The van der Waals surface area contributed by atoms with Gasteiger partial charge in [0.25, 0.3) is 0 Å². The van der Waals surface area contributed by atoms with Gasteiger partial charge in [0.1, 0.15) is 10.5 Å². The molecule has 2 rings (SSSR count). The van der Waals surface area contributed by atoms with E-state index in [1.54, 1.807) is 0 Å². The Kier molecular flexibility index (Phi) is 5.84. The maximum absolute atomic E-state index is 12.0. The Morgan fingerprint density at radius 1 is 1.35 bits per heavy atom. The van der Waals surface area contributed by atoms with Gasteiger partial charge in [-0.15, -0.1) is 11.3 Å². The second kappa shape index (κ2) is 7.47. The lowest BCUT2D eigenvalue weighted by Gasteiger charge is -2.18. The number of amides is 1. The molecule has 0 aliphatic heterocycles. The molecule has 1 aromatic rings. The zero-order valence-electron chi connectivity index (χ0n) is 14.5. The van der Waals surface area contributed by atoms with Gasteiger partial charge in [-0.3, -0.25) is 4.79 Å².